The molecule has 1 rings (SSSR count). The largest absolute Gasteiger partial charge is 0.246 e. The van der Waals surface area contributed by atoms with Crippen LogP contribution in [0.1, 0.15) is 44.3 Å². The van der Waals surface area contributed by atoms with Crippen molar-refractivity contribution in [1.82, 2.24) is 4.98 Å². The van der Waals surface area contributed by atoms with E-state index in [4.69, 9.17) is 0 Å². The van der Waals surface area contributed by atoms with Crippen molar-refractivity contribution in [2.24, 2.45) is 5.41 Å². The second-order valence-corrected chi connectivity index (χ2v) is 5.30. The summed E-state index contributed by atoms with van der Waals surface area (Å²) < 4.78 is 0. The van der Waals surface area contributed by atoms with E-state index in [2.05, 4.69) is 45.0 Å². The fraction of sp³-hybridized carbons (Fsp3) is 0.700. The molecule has 0 aliphatic rings. The third-order valence-corrected chi connectivity index (χ3v) is 3.45. The first kappa shape index (κ1) is 9.72. The number of aryl methyl sites for hydroxylation is 1. The first-order valence-electron chi connectivity index (χ1n) is 4.33. The lowest BCUT2D eigenvalue weighted by molar-refractivity contribution is 0.338. The molecule has 0 aromatic carbocycles. The minimum absolute atomic E-state index is 0.324. The summed E-state index contributed by atoms with van der Waals surface area (Å²) in [5.74, 6) is 0.552. The van der Waals surface area contributed by atoms with Crippen molar-refractivity contribution in [3.05, 3.63) is 16.1 Å². The monoisotopic (exact) mass is 183 g/mol. The maximum atomic E-state index is 4.50. The van der Waals surface area contributed by atoms with Crippen LogP contribution in [0.2, 0.25) is 0 Å². The molecule has 2 heteroatoms. The van der Waals surface area contributed by atoms with Crippen LogP contribution in [-0.4, -0.2) is 4.98 Å². The van der Waals surface area contributed by atoms with Crippen LogP contribution < -0.4 is 0 Å². The van der Waals surface area contributed by atoms with Gasteiger partial charge in [0.2, 0.25) is 0 Å². The highest BCUT2D eigenvalue weighted by atomic mass is 32.1. The summed E-state index contributed by atoms with van der Waals surface area (Å²) in [6, 6.07) is 0. The van der Waals surface area contributed by atoms with Crippen molar-refractivity contribution in [1.29, 1.82) is 0 Å². The van der Waals surface area contributed by atoms with E-state index in [9.17, 15) is 0 Å². The van der Waals surface area contributed by atoms with E-state index < -0.39 is 0 Å². The van der Waals surface area contributed by atoms with E-state index in [1.165, 1.54) is 5.01 Å². The molecule has 0 aliphatic carbocycles. The van der Waals surface area contributed by atoms with Gasteiger partial charge in [-0.1, -0.05) is 27.7 Å². The normalized spacial score (nSPS) is 14.8. The molecule has 68 valence electrons. The van der Waals surface area contributed by atoms with Gasteiger partial charge in [0.05, 0.1) is 5.01 Å². The minimum Gasteiger partial charge on any atom is -0.246 e. The van der Waals surface area contributed by atoms with Gasteiger partial charge in [-0.15, -0.1) is 11.3 Å². The van der Waals surface area contributed by atoms with Gasteiger partial charge < -0.3 is 0 Å². The van der Waals surface area contributed by atoms with Gasteiger partial charge >= 0.3 is 0 Å². The molecular formula is C10H17NS. The maximum Gasteiger partial charge on any atom is 0.0961 e. The van der Waals surface area contributed by atoms with Crippen molar-refractivity contribution < 1.29 is 0 Å². The Morgan fingerprint density at radius 2 is 2.00 bits per heavy atom. The molecule has 0 fully saturated rings. The van der Waals surface area contributed by atoms with Crippen molar-refractivity contribution >= 4 is 11.3 Å². The number of nitrogens with zero attached hydrogens (tertiary/aromatic N) is 1. The van der Waals surface area contributed by atoms with E-state index in [0.717, 1.165) is 5.69 Å². The molecule has 0 N–H and O–H groups in total. The highest BCUT2D eigenvalue weighted by Gasteiger charge is 2.23. The van der Waals surface area contributed by atoms with Crippen LogP contribution in [0.5, 0.6) is 0 Å². The van der Waals surface area contributed by atoms with Gasteiger partial charge in [-0.2, -0.15) is 0 Å². The number of hydrogen-bond donors (Lipinski definition) is 0. The molecule has 0 aliphatic heterocycles. The van der Waals surface area contributed by atoms with Gasteiger partial charge in [0.15, 0.2) is 0 Å². The molecule has 1 nitrogen and oxygen atoms in total. The minimum atomic E-state index is 0.324. The van der Waals surface area contributed by atoms with Crippen LogP contribution in [0, 0.1) is 12.3 Å². The second kappa shape index (κ2) is 3.17. The predicted molar refractivity (Wildman–Crippen MR) is 54.7 cm³/mol. The van der Waals surface area contributed by atoms with Crippen LogP contribution >= 0.6 is 11.3 Å². The highest BCUT2D eigenvalue weighted by molar-refractivity contribution is 7.09. The Bertz CT molecular complexity index is 257. The van der Waals surface area contributed by atoms with Crippen LogP contribution in [0.15, 0.2) is 5.38 Å². The summed E-state index contributed by atoms with van der Waals surface area (Å²) >= 11 is 1.77. The van der Waals surface area contributed by atoms with E-state index in [1.54, 1.807) is 11.3 Å². The molecule has 0 bridgehead atoms. The molecule has 12 heavy (non-hydrogen) atoms. The number of rotatable bonds is 1. The summed E-state index contributed by atoms with van der Waals surface area (Å²) in [6.07, 6.45) is 0. The molecule has 0 unspecified atom stereocenters. The zero-order valence-electron chi connectivity index (χ0n) is 8.51. The third kappa shape index (κ3) is 2.07. The van der Waals surface area contributed by atoms with Gasteiger partial charge in [-0.3, -0.25) is 0 Å². The van der Waals surface area contributed by atoms with Crippen LogP contribution in [0.3, 0.4) is 0 Å². The van der Waals surface area contributed by atoms with E-state index in [1.807, 2.05) is 0 Å². The first-order valence-corrected chi connectivity index (χ1v) is 5.21. The standard InChI is InChI=1S/C10H17NS/c1-7-6-12-9(11-7)8(2)10(3,4)5/h6,8H,1-5H3/t8-/m1/s1. The fourth-order valence-electron chi connectivity index (χ4n) is 0.941. The Labute approximate surface area is 78.8 Å². The van der Waals surface area contributed by atoms with Crippen LogP contribution in [0.25, 0.3) is 0 Å². The zero-order valence-corrected chi connectivity index (χ0v) is 9.33. The average molecular weight is 183 g/mol. The van der Waals surface area contributed by atoms with Crippen molar-refractivity contribution in [3.63, 3.8) is 0 Å². The van der Waals surface area contributed by atoms with Gasteiger partial charge in [0.25, 0.3) is 0 Å². The second-order valence-electron chi connectivity index (χ2n) is 4.41. The van der Waals surface area contributed by atoms with Gasteiger partial charge in [-0.05, 0) is 12.3 Å². The van der Waals surface area contributed by atoms with Gasteiger partial charge in [0, 0.05) is 17.0 Å². The van der Waals surface area contributed by atoms with Crippen LogP contribution in [0.4, 0.5) is 0 Å². The Morgan fingerprint density at radius 3 is 2.33 bits per heavy atom. The molecule has 0 spiro atoms. The lowest BCUT2D eigenvalue weighted by Crippen LogP contribution is -2.14. The summed E-state index contributed by atoms with van der Waals surface area (Å²) in [4.78, 5) is 4.50. The molecule has 1 aromatic rings. The summed E-state index contributed by atoms with van der Waals surface area (Å²) in [7, 11) is 0. The zero-order chi connectivity index (χ0) is 9.35. The topological polar surface area (TPSA) is 12.9 Å². The summed E-state index contributed by atoms with van der Waals surface area (Å²) in [6.45, 7) is 11.1. The molecule has 0 amide bonds. The predicted octanol–water partition coefficient (Wildman–Crippen LogP) is 3.60. The van der Waals surface area contributed by atoms with E-state index in [0.29, 0.717) is 11.3 Å². The highest BCUT2D eigenvalue weighted by Crippen LogP contribution is 2.35. The lowest BCUT2D eigenvalue weighted by Gasteiger charge is -2.25. The molecule has 0 saturated carbocycles. The molecule has 0 saturated heterocycles. The summed E-state index contributed by atoms with van der Waals surface area (Å²) in [5, 5.41) is 3.39. The SMILES string of the molecule is Cc1csc([C@@H](C)C(C)(C)C)n1. The van der Waals surface area contributed by atoms with Gasteiger partial charge in [0.1, 0.15) is 0 Å². The lowest BCUT2D eigenvalue weighted by atomic mass is 9.82. The van der Waals surface area contributed by atoms with Crippen molar-refractivity contribution in [2.45, 2.75) is 40.5 Å². The maximum absolute atomic E-state index is 4.50. The van der Waals surface area contributed by atoms with Crippen molar-refractivity contribution in [2.75, 3.05) is 0 Å². The summed E-state index contributed by atoms with van der Waals surface area (Å²) in [5.41, 5.74) is 1.47. The van der Waals surface area contributed by atoms with Gasteiger partial charge in [-0.25, -0.2) is 4.98 Å². The van der Waals surface area contributed by atoms with E-state index >= 15 is 0 Å². The Kier molecular flexibility index (Phi) is 2.57. The molecule has 0 radical (unpaired) electrons. The number of hydrogen-bond acceptors (Lipinski definition) is 2. The quantitative estimate of drug-likeness (QED) is 0.648. The molecule has 1 atom stereocenters. The first-order chi connectivity index (χ1) is 5.41. The third-order valence-electron chi connectivity index (χ3n) is 2.31. The fourth-order valence-corrected chi connectivity index (χ4v) is 2.04. The molecular weight excluding hydrogens is 166 g/mol. The molecule has 1 heterocycles. The van der Waals surface area contributed by atoms with E-state index in [-0.39, 0.29) is 0 Å². The Hall–Kier alpha value is -0.370. The smallest absolute Gasteiger partial charge is 0.0961 e. The van der Waals surface area contributed by atoms with Crippen LogP contribution in [-0.2, 0) is 0 Å². The van der Waals surface area contributed by atoms with Crippen molar-refractivity contribution in [3.8, 4) is 0 Å². The average Bonchev–Trinajstić information content (AvgIpc) is 2.32. The number of thiazole rings is 1. The molecule has 1 aromatic heterocycles. The number of aromatic nitrogens is 1. The Balaban J connectivity index is 2.85. The Morgan fingerprint density at radius 1 is 1.42 bits per heavy atom.